The molecule has 1 aromatic rings. The number of nitrogens with two attached hydrogens (primary N) is 1. The molecule has 0 bridgehead atoms. The number of carbonyl (C=O) groups is 2. The summed E-state index contributed by atoms with van der Waals surface area (Å²) < 4.78 is 0. The van der Waals surface area contributed by atoms with Crippen molar-refractivity contribution in [1.29, 1.82) is 0 Å². The van der Waals surface area contributed by atoms with Crippen molar-refractivity contribution in [2.45, 2.75) is 37.5 Å². The molecule has 1 aliphatic rings. The third kappa shape index (κ3) is 3.07. The van der Waals surface area contributed by atoms with Gasteiger partial charge in [-0.3, -0.25) is 9.59 Å². The van der Waals surface area contributed by atoms with Crippen LogP contribution in [0.3, 0.4) is 0 Å². The smallest absolute Gasteiger partial charge is 0.221 e. The van der Waals surface area contributed by atoms with Crippen LogP contribution >= 0.6 is 0 Å². The van der Waals surface area contributed by atoms with Crippen LogP contribution in [0, 0.1) is 0 Å². The highest BCUT2D eigenvalue weighted by atomic mass is 16.2. The van der Waals surface area contributed by atoms with E-state index in [0.717, 1.165) is 31.2 Å². The topological polar surface area (TPSA) is 72.2 Å². The molecule has 0 heterocycles. The second-order valence-electron chi connectivity index (χ2n) is 5.39. The molecule has 0 radical (unpaired) electrons. The molecule has 4 nitrogen and oxygen atoms in total. The van der Waals surface area contributed by atoms with Gasteiger partial charge in [0.1, 0.15) is 0 Å². The fourth-order valence-corrected chi connectivity index (χ4v) is 3.03. The van der Waals surface area contributed by atoms with Crippen molar-refractivity contribution in [3.05, 3.63) is 35.9 Å². The molecular weight excluding hydrogens is 252 g/mol. The standard InChI is InChI=1S/C16H22N2O2/c17-11-8-15(20)18-12-14(19)16(9-4-5-10-16)13-6-2-1-3-7-13/h1-3,6-7H,4-5,8-12,17H2,(H,18,20). The minimum atomic E-state index is -0.406. The predicted octanol–water partition coefficient (Wildman–Crippen LogP) is 1.53. The Morgan fingerprint density at radius 1 is 1.15 bits per heavy atom. The van der Waals surface area contributed by atoms with E-state index < -0.39 is 5.41 Å². The summed E-state index contributed by atoms with van der Waals surface area (Å²) in [5, 5.41) is 2.69. The quantitative estimate of drug-likeness (QED) is 0.826. The van der Waals surface area contributed by atoms with Crippen molar-refractivity contribution in [1.82, 2.24) is 5.32 Å². The Balaban J connectivity index is 2.09. The molecule has 0 aliphatic heterocycles. The minimum Gasteiger partial charge on any atom is -0.349 e. The molecule has 0 aromatic heterocycles. The normalized spacial score (nSPS) is 16.9. The van der Waals surface area contributed by atoms with Crippen LogP contribution in [0.5, 0.6) is 0 Å². The zero-order valence-electron chi connectivity index (χ0n) is 11.7. The van der Waals surface area contributed by atoms with Crippen molar-refractivity contribution >= 4 is 11.7 Å². The van der Waals surface area contributed by atoms with E-state index in [1.807, 2.05) is 30.3 Å². The third-order valence-corrected chi connectivity index (χ3v) is 4.13. The maximum absolute atomic E-state index is 12.6. The maximum atomic E-state index is 12.6. The Morgan fingerprint density at radius 2 is 1.80 bits per heavy atom. The van der Waals surface area contributed by atoms with Crippen LogP contribution in [-0.4, -0.2) is 24.8 Å². The molecule has 1 fully saturated rings. The largest absolute Gasteiger partial charge is 0.349 e. The molecular formula is C16H22N2O2. The lowest BCUT2D eigenvalue weighted by atomic mass is 9.75. The zero-order valence-corrected chi connectivity index (χ0v) is 11.7. The molecule has 3 N–H and O–H groups in total. The second-order valence-corrected chi connectivity index (χ2v) is 5.39. The zero-order chi connectivity index (χ0) is 14.4. The van der Waals surface area contributed by atoms with Gasteiger partial charge in [-0.1, -0.05) is 43.2 Å². The Morgan fingerprint density at radius 3 is 2.40 bits per heavy atom. The van der Waals surface area contributed by atoms with E-state index in [9.17, 15) is 9.59 Å². The van der Waals surface area contributed by atoms with Crippen LogP contribution in [0.15, 0.2) is 30.3 Å². The van der Waals surface area contributed by atoms with E-state index in [1.54, 1.807) is 0 Å². The Bertz CT molecular complexity index is 465. The van der Waals surface area contributed by atoms with E-state index in [-0.39, 0.29) is 24.7 Å². The fourth-order valence-electron chi connectivity index (χ4n) is 3.03. The number of benzene rings is 1. The summed E-state index contributed by atoms with van der Waals surface area (Å²) in [7, 11) is 0. The van der Waals surface area contributed by atoms with Crippen molar-refractivity contribution < 1.29 is 9.59 Å². The van der Waals surface area contributed by atoms with Gasteiger partial charge in [0.15, 0.2) is 5.78 Å². The van der Waals surface area contributed by atoms with Crippen molar-refractivity contribution in [2.24, 2.45) is 5.73 Å². The van der Waals surface area contributed by atoms with Gasteiger partial charge in [-0.05, 0) is 18.4 Å². The maximum Gasteiger partial charge on any atom is 0.221 e. The van der Waals surface area contributed by atoms with Crippen LogP contribution < -0.4 is 11.1 Å². The number of rotatable bonds is 6. The monoisotopic (exact) mass is 274 g/mol. The second kappa shape index (κ2) is 6.66. The lowest BCUT2D eigenvalue weighted by Gasteiger charge is -2.28. The van der Waals surface area contributed by atoms with Gasteiger partial charge >= 0.3 is 0 Å². The summed E-state index contributed by atoms with van der Waals surface area (Å²) in [5.74, 6) is -0.0337. The highest BCUT2D eigenvalue weighted by Gasteiger charge is 2.41. The highest BCUT2D eigenvalue weighted by molar-refractivity contribution is 5.94. The highest BCUT2D eigenvalue weighted by Crippen LogP contribution is 2.41. The number of ketones is 1. The molecule has 1 saturated carbocycles. The summed E-state index contributed by atoms with van der Waals surface area (Å²) in [6.45, 7) is 0.414. The van der Waals surface area contributed by atoms with Crippen LogP contribution in [-0.2, 0) is 15.0 Å². The summed E-state index contributed by atoms with van der Waals surface area (Å²) in [5.41, 5.74) is 6.00. The lowest BCUT2D eigenvalue weighted by Crippen LogP contribution is -2.41. The van der Waals surface area contributed by atoms with Crippen LogP contribution in [0.25, 0.3) is 0 Å². The fraction of sp³-hybridized carbons (Fsp3) is 0.500. The van der Waals surface area contributed by atoms with Crippen LogP contribution in [0.2, 0.25) is 0 Å². The van der Waals surface area contributed by atoms with Gasteiger partial charge in [0.2, 0.25) is 5.91 Å². The number of Topliss-reactive ketones (excluding diaryl/α,β-unsaturated/α-hetero) is 1. The molecule has 1 amide bonds. The Hall–Kier alpha value is -1.68. The van der Waals surface area contributed by atoms with Crippen molar-refractivity contribution in [3.8, 4) is 0 Å². The lowest BCUT2D eigenvalue weighted by molar-refractivity contribution is -0.127. The molecule has 0 unspecified atom stereocenters. The van der Waals surface area contributed by atoms with E-state index in [2.05, 4.69) is 5.32 Å². The summed E-state index contributed by atoms with van der Waals surface area (Å²) in [6.07, 6.45) is 4.16. The summed E-state index contributed by atoms with van der Waals surface area (Å²) >= 11 is 0. The van der Waals surface area contributed by atoms with E-state index in [4.69, 9.17) is 5.73 Å². The Kier molecular flexibility index (Phi) is 4.90. The average Bonchev–Trinajstić information content (AvgIpc) is 2.97. The molecule has 4 heteroatoms. The number of hydrogen-bond donors (Lipinski definition) is 2. The van der Waals surface area contributed by atoms with Crippen molar-refractivity contribution in [2.75, 3.05) is 13.1 Å². The van der Waals surface area contributed by atoms with E-state index >= 15 is 0 Å². The van der Waals surface area contributed by atoms with E-state index in [1.165, 1.54) is 0 Å². The number of carbonyl (C=O) groups excluding carboxylic acids is 2. The van der Waals surface area contributed by atoms with Crippen molar-refractivity contribution in [3.63, 3.8) is 0 Å². The number of amides is 1. The molecule has 108 valence electrons. The van der Waals surface area contributed by atoms with Gasteiger partial charge in [-0.25, -0.2) is 0 Å². The van der Waals surface area contributed by atoms with Gasteiger partial charge in [0.25, 0.3) is 0 Å². The molecule has 1 aromatic carbocycles. The Labute approximate surface area is 119 Å². The first-order chi connectivity index (χ1) is 9.69. The van der Waals surface area contributed by atoms with Gasteiger partial charge < -0.3 is 11.1 Å². The predicted molar refractivity (Wildman–Crippen MR) is 78.3 cm³/mol. The minimum absolute atomic E-state index is 0.105. The summed E-state index contributed by atoms with van der Waals surface area (Å²) in [6, 6.07) is 9.93. The van der Waals surface area contributed by atoms with E-state index in [0.29, 0.717) is 6.54 Å². The van der Waals surface area contributed by atoms with Gasteiger partial charge in [-0.15, -0.1) is 0 Å². The van der Waals surface area contributed by atoms with Gasteiger partial charge in [0.05, 0.1) is 12.0 Å². The SMILES string of the molecule is NCCC(=O)NCC(=O)C1(c2ccccc2)CCCC1. The number of nitrogens with one attached hydrogen (secondary N) is 1. The van der Waals surface area contributed by atoms with Gasteiger partial charge in [-0.2, -0.15) is 0 Å². The summed E-state index contributed by atoms with van der Waals surface area (Å²) in [4.78, 5) is 24.1. The first kappa shape index (κ1) is 14.7. The third-order valence-electron chi connectivity index (χ3n) is 4.13. The molecule has 0 atom stereocenters. The van der Waals surface area contributed by atoms with Crippen LogP contribution in [0.4, 0.5) is 0 Å². The molecule has 1 aliphatic carbocycles. The molecule has 0 saturated heterocycles. The van der Waals surface area contributed by atoms with Crippen LogP contribution in [0.1, 0.15) is 37.7 Å². The molecule has 20 heavy (non-hydrogen) atoms. The average molecular weight is 274 g/mol. The first-order valence-corrected chi connectivity index (χ1v) is 7.24. The first-order valence-electron chi connectivity index (χ1n) is 7.24. The molecule has 0 spiro atoms. The number of hydrogen-bond acceptors (Lipinski definition) is 3. The van der Waals surface area contributed by atoms with Gasteiger partial charge in [0, 0.05) is 13.0 Å². The molecule has 2 rings (SSSR count).